The van der Waals surface area contributed by atoms with Crippen LogP contribution in [0.4, 0.5) is 21.7 Å². The van der Waals surface area contributed by atoms with Crippen LogP contribution in [0.5, 0.6) is 17.4 Å². The number of amides is 2. The third-order valence-electron chi connectivity index (χ3n) is 8.20. The summed E-state index contributed by atoms with van der Waals surface area (Å²) >= 11 is 6.53. The fourth-order valence-electron chi connectivity index (χ4n) is 5.39. The van der Waals surface area contributed by atoms with E-state index in [1.54, 1.807) is 18.2 Å². The molecule has 50 heavy (non-hydrogen) atoms. The van der Waals surface area contributed by atoms with Crippen molar-refractivity contribution in [2.75, 3.05) is 57.0 Å². The van der Waals surface area contributed by atoms with Crippen molar-refractivity contribution < 1.29 is 23.5 Å². The largest absolute Gasteiger partial charge is 0.490 e. The normalized spacial score (nSPS) is 13.6. The van der Waals surface area contributed by atoms with Gasteiger partial charge in [-0.3, -0.25) is 9.59 Å². The summed E-state index contributed by atoms with van der Waals surface area (Å²) in [5.41, 5.74) is 3.15. The van der Waals surface area contributed by atoms with Gasteiger partial charge in [0.1, 0.15) is 11.3 Å². The minimum atomic E-state index is -0.538. The number of hydrogen-bond donors (Lipinski definition) is 3. The Morgan fingerprint density at radius 1 is 0.980 bits per heavy atom. The van der Waals surface area contributed by atoms with E-state index in [0.717, 1.165) is 50.3 Å². The summed E-state index contributed by atoms with van der Waals surface area (Å²) in [4.78, 5) is 39.6. The molecule has 264 valence electrons. The van der Waals surface area contributed by atoms with Gasteiger partial charge in [-0.25, -0.2) is 9.37 Å². The number of aromatic nitrogens is 2. The molecule has 4 aromatic rings. The van der Waals surface area contributed by atoms with Crippen molar-refractivity contribution in [3.8, 4) is 17.4 Å². The van der Waals surface area contributed by atoms with Gasteiger partial charge in [0.15, 0.2) is 11.6 Å². The van der Waals surface area contributed by atoms with Crippen LogP contribution >= 0.6 is 11.6 Å². The molecule has 0 unspecified atom stereocenters. The lowest BCUT2D eigenvalue weighted by molar-refractivity contribution is 0.0942. The lowest BCUT2D eigenvalue weighted by Gasteiger charge is -2.32. The topological polar surface area (TPSA) is 121 Å². The lowest BCUT2D eigenvalue weighted by Crippen LogP contribution is -2.44. The Hall–Kier alpha value is -4.78. The molecule has 1 aliphatic rings. The lowest BCUT2D eigenvalue weighted by atomic mass is 10.1. The maximum absolute atomic E-state index is 15.0. The molecule has 1 aromatic heterocycles. The summed E-state index contributed by atoms with van der Waals surface area (Å²) in [6, 6.07) is 14.7. The number of carbonyl (C=O) groups excluding carboxylic acids is 2. The number of carbonyl (C=O) groups is 2. The Labute approximate surface area is 297 Å². The summed E-state index contributed by atoms with van der Waals surface area (Å²) in [6.45, 7) is 12.9. The number of rotatable bonds is 13. The fourth-order valence-corrected chi connectivity index (χ4v) is 5.61. The van der Waals surface area contributed by atoms with E-state index in [9.17, 15) is 9.59 Å². The molecule has 1 fully saturated rings. The zero-order valence-electron chi connectivity index (χ0n) is 29.0. The molecule has 5 rings (SSSR count). The summed E-state index contributed by atoms with van der Waals surface area (Å²) in [7, 11) is 2.12. The number of para-hydroxylation sites is 1. The second-order valence-electron chi connectivity index (χ2n) is 12.6. The number of ether oxygens (including phenoxy) is 2. The van der Waals surface area contributed by atoms with E-state index in [1.165, 1.54) is 24.4 Å². The second-order valence-corrected chi connectivity index (χ2v) is 13.0. The van der Waals surface area contributed by atoms with Gasteiger partial charge < -0.3 is 35.2 Å². The minimum absolute atomic E-state index is 0.0300. The van der Waals surface area contributed by atoms with Crippen LogP contribution in [0.2, 0.25) is 5.02 Å². The molecular weight excluding hydrogens is 661 g/mol. The molecule has 0 radical (unpaired) electrons. The third kappa shape index (κ3) is 9.68. The van der Waals surface area contributed by atoms with Gasteiger partial charge in [0.2, 0.25) is 11.8 Å². The van der Waals surface area contributed by atoms with Gasteiger partial charge in [-0.05, 0) is 82.6 Å². The predicted molar refractivity (Wildman–Crippen MR) is 194 cm³/mol. The molecule has 1 aliphatic heterocycles. The van der Waals surface area contributed by atoms with Crippen LogP contribution in [0, 0.1) is 19.7 Å². The van der Waals surface area contributed by atoms with E-state index in [1.807, 2.05) is 45.9 Å². The van der Waals surface area contributed by atoms with Gasteiger partial charge in [0.25, 0.3) is 11.8 Å². The van der Waals surface area contributed by atoms with Crippen LogP contribution < -0.4 is 25.4 Å². The molecule has 0 spiro atoms. The van der Waals surface area contributed by atoms with Crippen LogP contribution in [0.3, 0.4) is 0 Å². The highest BCUT2D eigenvalue weighted by Gasteiger charge is 2.21. The Morgan fingerprint density at radius 3 is 2.38 bits per heavy atom. The smallest absolute Gasteiger partial charge is 0.262 e. The number of piperazine rings is 1. The molecule has 3 aromatic carbocycles. The molecule has 0 saturated carbocycles. The number of aryl methyl sites for hydroxylation is 2. The fraction of sp³-hybridized carbons (Fsp3) is 0.351. The molecule has 2 amide bonds. The van der Waals surface area contributed by atoms with Gasteiger partial charge >= 0.3 is 0 Å². The van der Waals surface area contributed by atoms with Gasteiger partial charge in [0, 0.05) is 68.0 Å². The van der Waals surface area contributed by atoms with Crippen LogP contribution in [-0.4, -0.2) is 84.0 Å². The van der Waals surface area contributed by atoms with Gasteiger partial charge in [0.05, 0.1) is 11.6 Å². The molecule has 1 saturated heterocycles. The summed E-state index contributed by atoms with van der Waals surface area (Å²) in [5.74, 6) is -1.07. The van der Waals surface area contributed by atoms with Crippen molar-refractivity contribution in [1.82, 2.24) is 25.1 Å². The third-order valence-corrected chi connectivity index (χ3v) is 8.49. The van der Waals surface area contributed by atoms with E-state index < -0.39 is 11.7 Å². The molecule has 11 nitrogen and oxygen atoms in total. The van der Waals surface area contributed by atoms with Crippen molar-refractivity contribution in [1.29, 1.82) is 0 Å². The molecule has 0 atom stereocenters. The first-order valence-electron chi connectivity index (χ1n) is 16.6. The number of hydrogen-bond acceptors (Lipinski definition) is 9. The molecule has 13 heteroatoms. The first kappa shape index (κ1) is 36.5. The van der Waals surface area contributed by atoms with Crippen LogP contribution in [0.1, 0.15) is 52.1 Å². The SMILES string of the molecule is Cc1cccc(C)c1NC(=O)c1cnc(Nc2ccc(OCCCN3CCN(C)CC3)c(F)c2)nc1Oc1ccc(C(=O)NC(C)C)cc1Cl. The minimum Gasteiger partial charge on any atom is -0.490 e. The average Bonchev–Trinajstić information content (AvgIpc) is 3.07. The highest BCUT2D eigenvalue weighted by Crippen LogP contribution is 2.33. The summed E-state index contributed by atoms with van der Waals surface area (Å²) < 4.78 is 26.9. The summed E-state index contributed by atoms with van der Waals surface area (Å²) in [5, 5.41) is 8.86. The van der Waals surface area contributed by atoms with E-state index in [0.29, 0.717) is 23.5 Å². The maximum Gasteiger partial charge on any atom is 0.262 e. The predicted octanol–water partition coefficient (Wildman–Crippen LogP) is 6.83. The van der Waals surface area contributed by atoms with Crippen LogP contribution in [0.25, 0.3) is 0 Å². The van der Waals surface area contributed by atoms with E-state index in [-0.39, 0.29) is 45.9 Å². The number of halogens is 2. The van der Waals surface area contributed by atoms with E-state index in [4.69, 9.17) is 21.1 Å². The van der Waals surface area contributed by atoms with Crippen LogP contribution in [-0.2, 0) is 0 Å². The van der Waals surface area contributed by atoms with Gasteiger partial charge in [-0.1, -0.05) is 29.8 Å². The van der Waals surface area contributed by atoms with Crippen molar-refractivity contribution in [2.24, 2.45) is 0 Å². The maximum atomic E-state index is 15.0. The summed E-state index contributed by atoms with van der Waals surface area (Å²) in [6.07, 6.45) is 2.11. The highest BCUT2D eigenvalue weighted by molar-refractivity contribution is 6.32. The Kier molecular flexibility index (Phi) is 12.2. The van der Waals surface area contributed by atoms with E-state index in [2.05, 4.69) is 42.8 Å². The standard InChI is InChI=1S/C37H43ClFN7O4/c1-23(2)41-34(47)26-10-12-31(29(38)20-26)50-36-28(35(48)43-33-24(3)8-6-9-25(33)4)22-40-37(44-36)42-27-11-13-32(30(39)21-27)49-19-7-14-46-17-15-45(5)16-18-46/h6,8-13,20-23H,7,14-19H2,1-5H3,(H,41,47)(H,43,48)(H,40,42,44). The Morgan fingerprint density at radius 2 is 1.70 bits per heavy atom. The quantitative estimate of drug-likeness (QED) is 0.129. The number of likely N-dealkylation sites (N-methyl/N-ethyl adjacent to an activating group) is 1. The number of anilines is 3. The average molecular weight is 704 g/mol. The van der Waals surface area contributed by atoms with Crippen molar-refractivity contribution in [2.45, 2.75) is 40.2 Å². The number of nitrogens with zero attached hydrogens (tertiary/aromatic N) is 4. The second kappa shape index (κ2) is 16.8. The van der Waals surface area contributed by atoms with Crippen molar-refractivity contribution >= 4 is 40.7 Å². The molecule has 3 N–H and O–H groups in total. The molecular formula is C37H43ClFN7O4. The molecule has 2 heterocycles. The Bertz CT molecular complexity index is 1810. The van der Waals surface area contributed by atoms with Crippen molar-refractivity contribution in [3.05, 3.63) is 93.9 Å². The first-order valence-corrected chi connectivity index (χ1v) is 17.0. The van der Waals surface area contributed by atoms with Gasteiger partial charge in [-0.2, -0.15) is 4.98 Å². The Balaban J connectivity index is 1.33. The zero-order valence-corrected chi connectivity index (χ0v) is 29.7. The molecule has 0 bridgehead atoms. The zero-order chi connectivity index (χ0) is 35.8. The molecule has 0 aliphatic carbocycles. The van der Waals surface area contributed by atoms with Gasteiger partial charge in [-0.15, -0.1) is 0 Å². The first-order chi connectivity index (χ1) is 24.0. The van der Waals surface area contributed by atoms with Crippen molar-refractivity contribution in [3.63, 3.8) is 0 Å². The number of nitrogens with one attached hydrogen (secondary N) is 3. The van der Waals surface area contributed by atoms with Crippen LogP contribution in [0.15, 0.2) is 60.8 Å². The monoisotopic (exact) mass is 703 g/mol. The highest BCUT2D eigenvalue weighted by atomic mass is 35.5. The van der Waals surface area contributed by atoms with E-state index >= 15 is 4.39 Å². The number of benzene rings is 3.